The molecule has 232 valence electrons. The summed E-state index contributed by atoms with van der Waals surface area (Å²) in [5, 5.41) is 17.6. The zero-order valence-electron chi connectivity index (χ0n) is 26.2. The number of pyridine rings is 1. The number of nitrogens with zero attached hydrogens (tertiary/aromatic N) is 4. The highest BCUT2D eigenvalue weighted by Crippen LogP contribution is 2.39. The highest BCUT2D eigenvalue weighted by atomic mass is 35.5. The van der Waals surface area contributed by atoms with Gasteiger partial charge >= 0.3 is 6.09 Å². The van der Waals surface area contributed by atoms with Crippen LogP contribution in [0.25, 0.3) is 10.9 Å². The number of aliphatic imine (C=N–C) groups is 1. The number of nitriles is 1. The van der Waals surface area contributed by atoms with Crippen molar-refractivity contribution in [2.45, 2.75) is 52.6 Å². The third-order valence-electron chi connectivity index (χ3n) is 7.49. The number of hydrogen-bond acceptors (Lipinski definition) is 9. The normalized spacial score (nSPS) is 16.8. The standard InChI is InChI=1S/C33H39ClN6O4/c1-8-9-20(2)28(36-6)18-43-23-10-11-26(25(34)12-23)39-31-22(15-35)17-37-27-14-30(29(42-7)13-24(27)31)44-32(41)40-19-33(4,5)38-16-21(40)3/h9-14,17,21,38H,8,16,18-19H2,1-7H3,(H,37,39)/b20-9-,36-28?. The van der Waals surface area contributed by atoms with Crippen LogP contribution >= 0.6 is 11.6 Å². The van der Waals surface area contributed by atoms with Crippen molar-refractivity contribution >= 4 is 45.7 Å². The monoisotopic (exact) mass is 618 g/mol. The molecule has 2 aromatic carbocycles. The van der Waals surface area contributed by atoms with E-state index < -0.39 is 6.09 Å². The largest absolute Gasteiger partial charge is 0.493 e. The average Bonchev–Trinajstić information content (AvgIpc) is 2.99. The van der Waals surface area contributed by atoms with Gasteiger partial charge in [0.2, 0.25) is 0 Å². The first-order valence-electron chi connectivity index (χ1n) is 14.5. The van der Waals surface area contributed by atoms with Crippen LogP contribution in [-0.2, 0) is 0 Å². The summed E-state index contributed by atoms with van der Waals surface area (Å²) in [4.78, 5) is 23.7. The molecule has 1 aliphatic rings. The molecule has 3 aromatic rings. The van der Waals surface area contributed by atoms with Gasteiger partial charge in [-0.15, -0.1) is 0 Å². The topological polar surface area (TPSA) is 121 Å². The number of ether oxygens (including phenoxy) is 3. The van der Waals surface area contributed by atoms with Crippen LogP contribution in [0.15, 0.2) is 53.2 Å². The van der Waals surface area contributed by atoms with Gasteiger partial charge in [-0.1, -0.05) is 24.6 Å². The number of amides is 1. The van der Waals surface area contributed by atoms with E-state index in [1.54, 1.807) is 42.3 Å². The number of fused-ring (bicyclic) bond motifs is 1. The lowest BCUT2D eigenvalue weighted by Crippen LogP contribution is -2.62. The van der Waals surface area contributed by atoms with Crippen LogP contribution in [0.4, 0.5) is 16.2 Å². The number of nitrogens with one attached hydrogen (secondary N) is 2. The fourth-order valence-corrected chi connectivity index (χ4v) is 5.20. The Kier molecular flexibility index (Phi) is 10.3. The minimum atomic E-state index is -0.473. The van der Waals surface area contributed by atoms with Crippen molar-refractivity contribution in [2.24, 2.45) is 4.99 Å². The molecule has 1 fully saturated rings. The zero-order valence-corrected chi connectivity index (χ0v) is 27.0. The van der Waals surface area contributed by atoms with Gasteiger partial charge in [-0.25, -0.2) is 4.79 Å². The molecule has 0 bridgehead atoms. The Balaban J connectivity index is 1.61. The molecule has 1 amide bonds. The molecule has 10 nitrogen and oxygen atoms in total. The third kappa shape index (κ3) is 7.41. The molecule has 11 heteroatoms. The second kappa shape index (κ2) is 14.0. The van der Waals surface area contributed by atoms with Crippen LogP contribution in [0.5, 0.6) is 17.2 Å². The van der Waals surface area contributed by atoms with Crippen LogP contribution in [0.1, 0.15) is 46.6 Å². The van der Waals surface area contributed by atoms with Crippen molar-refractivity contribution in [2.75, 3.05) is 39.2 Å². The minimum absolute atomic E-state index is 0.0422. The van der Waals surface area contributed by atoms with E-state index in [1.165, 1.54) is 13.3 Å². The number of carbonyl (C=O) groups excluding carboxylic acids is 1. The van der Waals surface area contributed by atoms with Crippen molar-refractivity contribution in [3.63, 3.8) is 0 Å². The maximum Gasteiger partial charge on any atom is 0.415 e. The summed E-state index contributed by atoms with van der Waals surface area (Å²) in [6, 6.07) is 10.8. The van der Waals surface area contributed by atoms with E-state index in [0.29, 0.717) is 64.1 Å². The number of methoxy groups -OCH3 is 1. The second-order valence-electron chi connectivity index (χ2n) is 11.3. The highest BCUT2D eigenvalue weighted by Gasteiger charge is 2.34. The van der Waals surface area contributed by atoms with E-state index in [1.807, 2.05) is 27.7 Å². The summed E-state index contributed by atoms with van der Waals surface area (Å²) in [5.41, 5.74) is 3.56. The van der Waals surface area contributed by atoms with Crippen LogP contribution < -0.4 is 24.8 Å². The number of halogens is 1. The maximum absolute atomic E-state index is 13.2. The number of piperazine rings is 1. The second-order valence-corrected chi connectivity index (χ2v) is 11.7. The van der Waals surface area contributed by atoms with E-state index >= 15 is 0 Å². The molecule has 2 N–H and O–H groups in total. The first kappa shape index (κ1) is 32.6. The Morgan fingerprint density at radius 3 is 2.75 bits per heavy atom. The quantitative estimate of drug-likeness (QED) is 0.249. The molecular formula is C33H39ClN6O4. The number of benzene rings is 2. The Morgan fingerprint density at radius 1 is 1.32 bits per heavy atom. The molecular weight excluding hydrogens is 580 g/mol. The first-order chi connectivity index (χ1) is 21.0. The van der Waals surface area contributed by atoms with Crippen molar-refractivity contribution in [3.05, 3.63) is 58.8 Å². The summed E-state index contributed by atoms with van der Waals surface area (Å²) in [6.45, 7) is 11.6. The van der Waals surface area contributed by atoms with Crippen molar-refractivity contribution in [1.82, 2.24) is 15.2 Å². The Labute approximate surface area is 263 Å². The summed E-state index contributed by atoms with van der Waals surface area (Å²) in [6.07, 6.45) is 4.01. The average molecular weight is 619 g/mol. The van der Waals surface area contributed by atoms with E-state index in [-0.39, 0.29) is 17.3 Å². The lowest BCUT2D eigenvalue weighted by atomic mass is 10.00. The molecule has 1 aromatic heterocycles. The van der Waals surface area contributed by atoms with Crippen LogP contribution in [0.2, 0.25) is 5.02 Å². The highest BCUT2D eigenvalue weighted by molar-refractivity contribution is 6.33. The molecule has 44 heavy (non-hydrogen) atoms. The Morgan fingerprint density at radius 2 is 2.09 bits per heavy atom. The van der Waals surface area contributed by atoms with E-state index in [0.717, 1.165) is 17.7 Å². The van der Waals surface area contributed by atoms with Crippen LogP contribution in [0, 0.1) is 11.3 Å². The van der Waals surface area contributed by atoms with Gasteiger partial charge in [0.1, 0.15) is 18.4 Å². The summed E-state index contributed by atoms with van der Waals surface area (Å²) < 4.78 is 17.4. The predicted octanol–water partition coefficient (Wildman–Crippen LogP) is 6.89. The van der Waals surface area contributed by atoms with Crippen molar-refractivity contribution < 1.29 is 19.0 Å². The van der Waals surface area contributed by atoms with E-state index in [9.17, 15) is 10.1 Å². The van der Waals surface area contributed by atoms with Gasteiger partial charge in [0.25, 0.3) is 0 Å². The molecule has 0 aliphatic carbocycles. The molecule has 1 atom stereocenters. The molecule has 0 radical (unpaired) electrons. The summed E-state index contributed by atoms with van der Waals surface area (Å²) >= 11 is 6.66. The van der Waals surface area contributed by atoms with Crippen LogP contribution in [0.3, 0.4) is 0 Å². The lowest BCUT2D eigenvalue weighted by Gasteiger charge is -2.42. The van der Waals surface area contributed by atoms with Crippen molar-refractivity contribution in [3.8, 4) is 23.3 Å². The molecule has 0 saturated carbocycles. The molecule has 1 unspecified atom stereocenters. The van der Waals surface area contributed by atoms with Gasteiger partial charge in [0.15, 0.2) is 11.5 Å². The SMILES string of the molecule is CC/C=C(/C)C(COc1ccc(Nc2c(C#N)cnc3cc(OC(=O)N4CC(C)(C)NCC4C)c(OC)cc23)c(Cl)c1)=NC. The number of aromatic nitrogens is 1. The number of carbonyl (C=O) groups is 1. The smallest absolute Gasteiger partial charge is 0.415 e. The minimum Gasteiger partial charge on any atom is -0.493 e. The number of anilines is 2. The fraction of sp³-hybridized carbons (Fsp3) is 0.394. The maximum atomic E-state index is 13.2. The summed E-state index contributed by atoms with van der Waals surface area (Å²) in [7, 11) is 3.24. The van der Waals surface area contributed by atoms with Gasteiger partial charge in [-0.3, -0.25) is 9.98 Å². The number of hydrogen-bond donors (Lipinski definition) is 2. The predicted molar refractivity (Wildman–Crippen MR) is 175 cm³/mol. The molecule has 4 rings (SSSR count). The number of rotatable bonds is 9. The molecule has 1 aliphatic heterocycles. The number of allylic oxidation sites excluding steroid dienone is 1. The Hall–Kier alpha value is -4.33. The fourth-order valence-electron chi connectivity index (χ4n) is 4.98. The molecule has 0 spiro atoms. The molecule has 1 saturated heterocycles. The van der Waals surface area contributed by atoms with Gasteiger partial charge in [-0.05, 0) is 57.9 Å². The lowest BCUT2D eigenvalue weighted by molar-refractivity contribution is 0.0904. The molecule has 2 heterocycles. The van der Waals surface area contributed by atoms with E-state index in [4.69, 9.17) is 25.8 Å². The van der Waals surface area contributed by atoms with E-state index in [2.05, 4.69) is 39.7 Å². The Bertz CT molecular complexity index is 1650. The summed E-state index contributed by atoms with van der Waals surface area (Å²) in [5.74, 6) is 1.14. The van der Waals surface area contributed by atoms with Gasteiger partial charge in [-0.2, -0.15) is 5.26 Å². The zero-order chi connectivity index (χ0) is 32.0. The third-order valence-corrected chi connectivity index (χ3v) is 7.80. The van der Waals surface area contributed by atoms with Gasteiger partial charge in [0.05, 0.1) is 40.3 Å². The van der Waals surface area contributed by atoms with Crippen LogP contribution in [-0.4, -0.2) is 67.1 Å². The first-order valence-corrected chi connectivity index (χ1v) is 14.8. The van der Waals surface area contributed by atoms with Gasteiger partial charge < -0.3 is 29.7 Å². The van der Waals surface area contributed by atoms with Gasteiger partial charge in [0, 0.05) is 55.4 Å². The van der Waals surface area contributed by atoms with Crippen molar-refractivity contribution in [1.29, 1.82) is 5.26 Å².